The molecule has 1 aliphatic heterocycles. The fourth-order valence-electron chi connectivity index (χ4n) is 1.39. The molecule has 0 bridgehead atoms. The van der Waals surface area contributed by atoms with Crippen LogP contribution in [-0.4, -0.2) is 18.7 Å². The highest BCUT2D eigenvalue weighted by atomic mass is 16.6. The Bertz CT molecular complexity index is 147. The summed E-state index contributed by atoms with van der Waals surface area (Å²) in [6, 6.07) is 0. The first-order valence-electron chi connectivity index (χ1n) is 4.77. The number of unbranched alkanes of at least 4 members (excludes halogenated alkanes) is 3. The third kappa shape index (κ3) is 3.11. The standard InChI is InChI=1S/C9H17NO2/c1-2-3-4-5-6-8-7-10-9(11)12-8/h8H,2-7H2,1H3,(H,10,11)/t8-/m0/s1. The number of ether oxygens (including phenoxy) is 1. The summed E-state index contributed by atoms with van der Waals surface area (Å²) < 4.78 is 4.99. The smallest absolute Gasteiger partial charge is 0.407 e. The van der Waals surface area contributed by atoms with Crippen LogP contribution in [0.2, 0.25) is 0 Å². The molecule has 3 heteroatoms. The lowest BCUT2D eigenvalue weighted by Crippen LogP contribution is -2.14. The first kappa shape index (κ1) is 9.36. The fraction of sp³-hybridized carbons (Fsp3) is 0.889. The Hall–Kier alpha value is -0.730. The molecule has 1 N–H and O–H groups in total. The Labute approximate surface area is 73.5 Å². The number of rotatable bonds is 5. The van der Waals surface area contributed by atoms with Crippen LogP contribution in [0.5, 0.6) is 0 Å². The summed E-state index contributed by atoms with van der Waals surface area (Å²) in [6.07, 6.45) is 5.86. The van der Waals surface area contributed by atoms with Crippen molar-refractivity contribution < 1.29 is 9.53 Å². The number of hydrogen-bond donors (Lipinski definition) is 1. The third-order valence-corrected chi connectivity index (χ3v) is 2.13. The summed E-state index contributed by atoms with van der Waals surface area (Å²) in [4.78, 5) is 10.6. The zero-order valence-corrected chi connectivity index (χ0v) is 7.64. The van der Waals surface area contributed by atoms with E-state index in [1.54, 1.807) is 0 Å². The Morgan fingerprint density at radius 2 is 2.33 bits per heavy atom. The number of carbonyl (C=O) groups is 1. The quantitative estimate of drug-likeness (QED) is 0.643. The second-order valence-electron chi connectivity index (χ2n) is 3.26. The van der Waals surface area contributed by atoms with Crippen molar-refractivity contribution in [1.29, 1.82) is 0 Å². The predicted molar refractivity (Wildman–Crippen MR) is 47.0 cm³/mol. The normalized spacial score (nSPS) is 22.1. The van der Waals surface area contributed by atoms with Gasteiger partial charge in [-0.2, -0.15) is 0 Å². The van der Waals surface area contributed by atoms with Gasteiger partial charge in [0.2, 0.25) is 0 Å². The molecule has 1 saturated heterocycles. The van der Waals surface area contributed by atoms with Crippen LogP contribution < -0.4 is 5.32 Å². The van der Waals surface area contributed by atoms with Crippen LogP contribution in [0, 0.1) is 0 Å². The summed E-state index contributed by atoms with van der Waals surface area (Å²) >= 11 is 0. The maximum absolute atomic E-state index is 10.6. The topological polar surface area (TPSA) is 38.3 Å². The number of carbonyl (C=O) groups excluding carboxylic acids is 1. The molecule has 0 saturated carbocycles. The van der Waals surface area contributed by atoms with Gasteiger partial charge in [0.05, 0.1) is 6.54 Å². The van der Waals surface area contributed by atoms with Gasteiger partial charge in [0.1, 0.15) is 6.10 Å². The van der Waals surface area contributed by atoms with Gasteiger partial charge in [0.25, 0.3) is 0 Å². The average molecular weight is 171 g/mol. The van der Waals surface area contributed by atoms with Crippen molar-refractivity contribution >= 4 is 6.09 Å². The minimum atomic E-state index is -0.254. The highest BCUT2D eigenvalue weighted by molar-refractivity contribution is 5.69. The monoisotopic (exact) mass is 171 g/mol. The molecule has 1 atom stereocenters. The number of hydrogen-bond acceptors (Lipinski definition) is 2. The first-order valence-corrected chi connectivity index (χ1v) is 4.77. The van der Waals surface area contributed by atoms with E-state index in [1.807, 2.05) is 0 Å². The van der Waals surface area contributed by atoms with E-state index >= 15 is 0 Å². The van der Waals surface area contributed by atoms with E-state index in [-0.39, 0.29) is 12.2 Å². The lowest BCUT2D eigenvalue weighted by atomic mass is 10.1. The number of nitrogens with one attached hydrogen (secondary N) is 1. The highest BCUT2D eigenvalue weighted by Crippen LogP contribution is 2.10. The summed E-state index contributed by atoms with van der Waals surface area (Å²) in [7, 11) is 0. The molecule has 1 fully saturated rings. The van der Waals surface area contributed by atoms with Crippen LogP contribution in [0.4, 0.5) is 4.79 Å². The van der Waals surface area contributed by atoms with Crippen LogP contribution >= 0.6 is 0 Å². The Morgan fingerprint density at radius 3 is 2.92 bits per heavy atom. The van der Waals surface area contributed by atoms with E-state index in [0.29, 0.717) is 6.54 Å². The summed E-state index contributed by atoms with van der Waals surface area (Å²) in [5.41, 5.74) is 0. The molecular weight excluding hydrogens is 154 g/mol. The summed E-state index contributed by atoms with van der Waals surface area (Å²) in [5, 5.41) is 2.65. The largest absolute Gasteiger partial charge is 0.444 e. The Balaban J connectivity index is 1.97. The van der Waals surface area contributed by atoms with E-state index in [4.69, 9.17) is 4.74 Å². The van der Waals surface area contributed by atoms with Crippen LogP contribution in [0.15, 0.2) is 0 Å². The van der Waals surface area contributed by atoms with Gasteiger partial charge in [-0.25, -0.2) is 4.79 Å². The number of cyclic esters (lactones) is 1. The van der Waals surface area contributed by atoms with Crippen molar-refractivity contribution in [3.63, 3.8) is 0 Å². The fourth-order valence-corrected chi connectivity index (χ4v) is 1.39. The van der Waals surface area contributed by atoms with Gasteiger partial charge in [0, 0.05) is 0 Å². The molecule has 0 aromatic heterocycles. The van der Waals surface area contributed by atoms with E-state index in [9.17, 15) is 4.79 Å². The van der Waals surface area contributed by atoms with E-state index < -0.39 is 0 Å². The van der Waals surface area contributed by atoms with Crippen LogP contribution in [0.1, 0.15) is 39.0 Å². The third-order valence-electron chi connectivity index (χ3n) is 2.13. The van der Waals surface area contributed by atoms with Gasteiger partial charge in [-0.1, -0.05) is 26.2 Å². The SMILES string of the molecule is CCCCCC[C@H]1CNC(=O)O1. The number of amides is 1. The summed E-state index contributed by atoms with van der Waals surface area (Å²) in [5.74, 6) is 0. The van der Waals surface area contributed by atoms with Crippen molar-refractivity contribution in [3.8, 4) is 0 Å². The van der Waals surface area contributed by atoms with Gasteiger partial charge in [0.15, 0.2) is 0 Å². The van der Waals surface area contributed by atoms with Gasteiger partial charge in [-0.05, 0) is 12.8 Å². The Morgan fingerprint density at radius 1 is 1.50 bits per heavy atom. The molecule has 0 aliphatic carbocycles. The van der Waals surface area contributed by atoms with Crippen LogP contribution in [-0.2, 0) is 4.74 Å². The van der Waals surface area contributed by atoms with Crippen molar-refractivity contribution in [3.05, 3.63) is 0 Å². The van der Waals surface area contributed by atoms with Crippen molar-refractivity contribution in [2.75, 3.05) is 6.54 Å². The molecular formula is C9H17NO2. The van der Waals surface area contributed by atoms with Gasteiger partial charge < -0.3 is 10.1 Å². The first-order chi connectivity index (χ1) is 5.83. The molecule has 0 aromatic carbocycles. The van der Waals surface area contributed by atoms with Crippen molar-refractivity contribution in [2.45, 2.75) is 45.1 Å². The van der Waals surface area contributed by atoms with E-state index in [2.05, 4.69) is 12.2 Å². The second-order valence-corrected chi connectivity index (χ2v) is 3.26. The molecule has 0 spiro atoms. The molecule has 3 nitrogen and oxygen atoms in total. The molecule has 12 heavy (non-hydrogen) atoms. The maximum atomic E-state index is 10.6. The average Bonchev–Trinajstić information content (AvgIpc) is 2.45. The highest BCUT2D eigenvalue weighted by Gasteiger charge is 2.21. The minimum Gasteiger partial charge on any atom is -0.444 e. The Kier molecular flexibility index (Phi) is 3.91. The molecule has 1 rings (SSSR count). The van der Waals surface area contributed by atoms with Crippen molar-refractivity contribution in [1.82, 2.24) is 5.32 Å². The lowest BCUT2D eigenvalue weighted by molar-refractivity contribution is 0.134. The maximum Gasteiger partial charge on any atom is 0.407 e. The molecule has 0 unspecified atom stereocenters. The van der Waals surface area contributed by atoms with E-state index in [1.165, 1.54) is 25.7 Å². The zero-order valence-electron chi connectivity index (χ0n) is 7.64. The van der Waals surface area contributed by atoms with E-state index in [0.717, 1.165) is 6.42 Å². The molecule has 0 radical (unpaired) electrons. The van der Waals surface area contributed by atoms with Crippen LogP contribution in [0.25, 0.3) is 0 Å². The van der Waals surface area contributed by atoms with Gasteiger partial charge in [-0.15, -0.1) is 0 Å². The second kappa shape index (κ2) is 5.01. The van der Waals surface area contributed by atoms with Gasteiger partial charge >= 0.3 is 6.09 Å². The minimum absolute atomic E-state index is 0.134. The molecule has 70 valence electrons. The van der Waals surface area contributed by atoms with Gasteiger partial charge in [-0.3, -0.25) is 0 Å². The zero-order chi connectivity index (χ0) is 8.81. The molecule has 1 amide bonds. The predicted octanol–water partition coefficient (Wildman–Crippen LogP) is 2.07. The molecule has 1 heterocycles. The lowest BCUT2D eigenvalue weighted by Gasteiger charge is -2.05. The molecule has 1 aliphatic rings. The molecule has 0 aromatic rings. The summed E-state index contributed by atoms with van der Waals surface area (Å²) in [6.45, 7) is 2.89. The van der Waals surface area contributed by atoms with Crippen molar-refractivity contribution in [2.24, 2.45) is 0 Å². The van der Waals surface area contributed by atoms with Crippen LogP contribution in [0.3, 0.4) is 0 Å². The number of alkyl carbamates (subject to hydrolysis) is 1.